The molecular weight excluding hydrogens is 311 g/mol. The average molecular weight is 334 g/mol. The third kappa shape index (κ3) is 3.75. The molecule has 0 saturated carbocycles. The second-order valence-corrected chi connectivity index (χ2v) is 5.76. The molecule has 2 aromatic carbocycles. The zero-order valence-corrected chi connectivity index (χ0v) is 15.2. The Balaban J connectivity index is 2.70. The van der Waals surface area contributed by atoms with Gasteiger partial charge < -0.3 is 4.52 Å². The molecule has 0 saturated heterocycles. The van der Waals surface area contributed by atoms with Gasteiger partial charge in [0.2, 0.25) is 0 Å². The van der Waals surface area contributed by atoms with Crippen molar-refractivity contribution < 1.29 is 4.52 Å². The lowest BCUT2D eigenvalue weighted by Crippen LogP contribution is -2.05. The summed E-state index contributed by atoms with van der Waals surface area (Å²) in [6, 6.07) is 14.7. The summed E-state index contributed by atoms with van der Waals surface area (Å²) in [5, 5.41) is 0. The van der Waals surface area contributed by atoms with Crippen molar-refractivity contribution in [2.24, 2.45) is 0 Å². The quantitative estimate of drug-likeness (QED) is 0.430. The fourth-order valence-corrected chi connectivity index (χ4v) is 3.27. The molecular formula is C22H23OP. The van der Waals surface area contributed by atoms with E-state index in [0.29, 0.717) is 0 Å². The highest BCUT2D eigenvalue weighted by Crippen LogP contribution is 2.37. The predicted octanol–water partition coefficient (Wildman–Crippen LogP) is 6.24. The Labute approximate surface area is 147 Å². The molecule has 0 amide bonds. The van der Waals surface area contributed by atoms with Crippen molar-refractivity contribution in [3.63, 3.8) is 0 Å². The molecule has 0 aliphatic rings. The fraction of sp³-hybridized carbons (Fsp3) is 0.0909. The van der Waals surface area contributed by atoms with Crippen molar-refractivity contribution in [1.29, 1.82) is 0 Å². The van der Waals surface area contributed by atoms with Gasteiger partial charge in [-0.2, -0.15) is 0 Å². The van der Waals surface area contributed by atoms with E-state index in [-0.39, 0.29) is 5.92 Å². The van der Waals surface area contributed by atoms with Crippen LogP contribution in [0.1, 0.15) is 28.2 Å². The van der Waals surface area contributed by atoms with Gasteiger partial charge in [0.15, 0.2) is 0 Å². The number of hydrogen-bond acceptors (Lipinski definition) is 1. The summed E-state index contributed by atoms with van der Waals surface area (Å²) in [6.45, 7) is 13.8. The van der Waals surface area contributed by atoms with Crippen LogP contribution in [0.5, 0.6) is 5.75 Å². The normalized spacial score (nSPS) is 12.3. The molecule has 24 heavy (non-hydrogen) atoms. The van der Waals surface area contributed by atoms with Gasteiger partial charge in [0.25, 0.3) is 0 Å². The van der Waals surface area contributed by atoms with E-state index >= 15 is 0 Å². The molecule has 0 N–H and O–H groups in total. The van der Waals surface area contributed by atoms with Gasteiger partial charge in [-0.3, -0.25) is 0 Å². The van der Waals surface area contributed by atoms with Gasteiger partial charge in [-0.05, 0) is 35.3 Å². The van der Waals surface area contributed by atoms with Crippen LogP contribution in [-0.2, 0) is 0 Å². The Kier molecular flexibility index (Phi) is 6.35. The third-order valence-electron chi connectivity index (χ3n) is 4.01. The molecule has 0 spiro atoms. The zero-order chi connectivity index (χ0) is 17.5. The lowest BCUT2D eigenvalue weighted by atomic mass is 9.83. The maximum absolute atomic E-state index is 5.44. The SMILES string of the molecule is C=C/C=C(\C=C)C(c1ccccc1)c1cc(C)c(OP)c(C=C)c1. The van der Waals surface area contributed by atoms with Gasteiger partial charge in [0.1, 0.15) is 5.75 Å². The van der Waals surface area contributed by atoms with Crippen LogP contribution in [0.3, 0.4) is 0 Å². The van der Waals surface area contributed by atoms with Gasteiger partial charge >= 0.3 is 0 Å². The largest absolute Gasteiger partial charge is 0.479 e. The van der Waals surface area contributed by atoms with E-state index in [2.05, 4.69) is 65.6 Å². The summed E-state index contributed by atoms with van der Waals surface area (Å²) >= 11 is 0. The summed E-state index contributed by atoms with van der Waals surface area (Å²) in [7, 11) is 2.31. The molecule has 2 atom stereocenters. The van der Waals surface area contributed by atoms with Crippen molar-refractivity contribution in [3.8, 4) is 5.75 Å². The van der Waals surface area contributed by atoms with E-state index < -0.39 is 0 Å². The number of allylic oxidation sites excluding steroid dienone is 4. The highest BCUT2D eigenvalue weighted by atomic mass is 31.0. The number of aryl methyl sites for hydroxylation is 1. The maximum Gasteiger partial charge on any atom is 0.132 e. The van der Waals surface area contributed by atoms with Crippen molar-refractivity contribution >= 4 is 15.5 Å². The lowest BCUT2D eigenvalue weighted by Gasteiger charge is -2.22. The molecule has 2 rings (SSSR count). The number of hydrogen-bond donors (Lipinski definition) is 0. The monoisotopic (exact) mass is 334 g/mol. The van der Waals surface area contributed by atoms with Crippen molar-refractivity contribution in [2.45, 2.75) is 12.8 Å². The Morgan fingerprint density at radius 2 is 1.79 bits per heavy atom. The van der Waals surface area contributed by atoms with Crippen molar-refractivity contribution in [3.05, 3.63) is 108 Å². The zero-order valence-electron chi connectivity index (χ0n) is 14.0. The second kappa shape index (κ2) is 8.47. The molecule has 2 unspecified atom stereocenters. The van der Waals surface area contributed by atoms with Crippen LogP contribution in [0.25, 0.3) is 6.08 Å². The Morgan fingerprint density at radius 1 is 1.08 bits per heavy atom. The van der Waals surface area contributed by atoms with E-state index in [1.807, 2.05) is 31.2 Å². The predicted molar refractivity (Wildman–Crippen MR) is 108 cm³/mol. The molecule has 0 heterocycles. The summed E-state index contributed by atoms with van der Waals surface area (Å²) in [5.41, 5.74) is 5.53. The van der Waals surface area contributed by atoms with Crippen LogP contribution in [0.2, 0.25) is 0 Å². The third-order valence-corrected chi connectivity index (χ3v) is 4.24. The molecule has 0 bridgehead atoms. The van der Waals surface area contributed by atoms with Crippen LogP contribution < -0.4 is 4.52 Å². The first kappa shape index (κ1) is 18.0. The molecule has 0 fully saturated rings. The van der Waals surface area contributed by atoms with Crippen LogP contribution in [0, 0.1) is 6.92 Å². The Morgan fingerprint density at radius 3 is 2.33 bits per heavy atom. The van der Waals surface area contributed by atoms with E-state index in [1.54, 1.807) is 6.08 Å². The van der Waals surface area contributed by atoms with Gasteiger partial charge in [-0.15, -0.1) is 0 Å². The van der Waals surface area contributed by atoms with Crippen LogP contribution in [-0.4, -0.2) is 0 Å². The first-order chi connectivity index (χ1) is 11.7. The molecule has 0 aliphatic carbocycles. The van der Waals surface area contributed by atoms with E-state index in [9.17, 15) is 0 Å². The molecule has 0 aliphatic heterocycles. The number of rotatable bonds is 7. The molecule has 0 aromatic heterocycles. The Bertz CT molecular complexity index is 772. The molecule has 0 radical (unpaired) electrons. The van der Waals surface area contributed by atoms with Crippen LogP contribution >= 0.6 is 9.47 Å². The molecule has 2 heteroatoms. The minimum Gasteiger partial charge on any atom is -0.479 e. The second-order valence-electron chi connectivity index (χ2n) is 5.53. The topological polar surface area (TPSA) is 9.23 Å². The Hall–Kier alpha value is -2.37. The van der Waals surface area contributed by atoms with Crippen LogP contribution in [0.15, 0.2) is 86.0 Å². The highest BCUT2D eigenvalue weighted by Gasteiger charge is 2.19. The van der Waals surface area contributed by atoms with Crippen LogP contribution in [0.4, 0.5) is 0 Å². The van der Waals surface area contributed by atoms with E-state index in [0.717, 1.165) is 22.4 Å². The maximum atomic E-state index is 5.44. The van der Waals surface area contributed by atoms with Gasteiger partial charge in [-0.25, -0.2) is 0 Å². The highest BCUT2D eigenvalue weighted by molar-refractivity contribution is 7.10. The van der Waals surface area contributed by atoms with Gasteiger partial charge in [-0.1, -0.05) is 80.4 Å². The summed E-state index contributed by atoms with van der Waals surface area (Å²) in [5.74, 6) is 0.913. The smallest absolute Gasteiger partial charge is 0.132 e. The standard InChI is InChI=1S/C22H23OP/c1-5-11-17(6-2)21(19-12-9-8-10-13-19)20-14-16(4)22(23-24)18(7-3)15-20/h5-15,21H,1-3,24H2,4H3/b17-11+. The van der Waals surface area contributed by atoms with Gasteiger partial charge in [0.05, 0.1) is 9.47 Å². The fourth-order valence-electron chi connectivity index (χ4n) is 2.95. The van der Waals surface area contributed by atoms with Crippen molar-refractivity contribution in [1.82, 2.24) is 0 Å². The number of benzene rings is 2. The van der Waals surface area contributed by atoms with E-state index in [1.165, 1.54) is 11.1 Å². The van der Waals surface area contributed by atoms with Gasteiger partial charge in [0, 0.05) is 11.5 Å². The minimum absolute atomic E-state index is 0.0812. The average Bonchev–Trinajstić information content (AvgIpc) is 2.61. The summed E-state index contributed by atoms with van der Waals surface area (Å²) in [6.07, 6.45) is 7.52. The first-order valence-electron chi connectivity index (χ1n) is 7.80. The minimum atomic E-state index is 0.0812. The lowest BCUT2D eigenvalue weighted by molar-refractivity contribution is 0.637. The summed E-state index contributed by atoms with van der Waals surface area (Å²) in [4.78, 5) is 0. The molecule has 1 nitrogen and oxygen atoms in total. The van der Waals surface area contributed by atoms with Crippen molar-refractivity contribution in [2.75, 3.05) is 0 Å². The van der Waals surface area contributed by atoms with E-state index in [4.69, 9.17) is 4.52 Å². The molecule has 2 aromatic rings. The first-order valence-corrected chi connectivity index (χ1v) is 8.27. The molecule has 122 valence electrons. The summed E-state index contributed by atoms with van der Waals surface area (Å²) < 4.78 is 5.44.